The van der Waals surface area contributed by atoms with Crippen LogP contribution in [0.15, 0.2) is 30.9 Å². The number of carbonyl (C=O) groups is 1. The Bertz CT molecular complexity index is 1020. The van der Waals surface area contributed by atoms with E-state index in [9.17, 15) is 18.0 Å². The van der Waals surface area contributed by atoms with Crippen LogP contribution in [0.5, 0.6) is 0 Å². The number of nitrogens with one attached hydrogen (secondary N) is 1. The Balaban J connectivity index is 1.71. The number of alkyl halides is 3. The molecule has 3 aromatic heterocycles. The first-order chi connectivity index (χ1) is 13.3. The maximum atomic E-state index is 13.3. The number of halogens is 3. The number of amides is 1. The SMILES string of the molecule is Cc1nn2ccc(N3CCC[C@H]3C(F)(F)F)nc2c1C(=O)Nc1ccncn1. The first-order valence-corrected chi connectivity index (χ1v) is 8.61. The highest BCUT2D eigenvalue weighted by atomic mass is 19.4. The average Bonchev–Trinajstić information content (AvgIpc) is 3.25. The quantitative estimate of drug-likeness (QED) is 0.738. The molecule has 1 saturated heterocycles. The van der Waals surface area contributed by atoms with Crippen molar-refractivity contribution in [1.29, 1.82) is 0 Å². The third-order valence-corrected chi connectivity index (χ3v) is 4.62. The van der Waals surface area contributed by atoms with Crippen LogP contribution in [-0.2, 0) is 0 Å². The van der Waals surface area contributed by atoms with Crippen molar-refractivity contribution in [3.63, 3.8) is 0 Å². The lowest BCUT2D eigenvalue weighted by molar-refractivity contribution is -0.146. The van der Waals surface area contributed by atoms with Gasteiger partial charge >= 0.3 is 6.18 Å². The monoisotopic (exact) mass is 391 g/mol. The summed E-state index contributed by atoms with van der Waals surface area (Å²) in [6, 6.07) is 1.43. The summed E-state index contributed by atoms with van der Waals surface area (Å²) in [5.41, 5.74) is 0.780. The van der Waals surface area contributed by atoms with Crippen LogP contribution >= 0.6 is 0 Å². The molecule has 1 fully saturated rings. The van der Waals surface area contributed by atoms with Gasteiger partial charge in [0.15, 0.2) is 5.65 Å². The van der Waals surface area contributed by atoms with Gasteiger partial charge in [-0.1, -0.05) is 0 Å². The molecule has 0 spiro atoms. The molecule has 28 heavy (non-hydrogen) atoms. The van der Waals surface area contributed by atoms with Crippen LogP contribution < -0.4 is 10.2 Å². The fourth-order valence-corrected chi connectivity index (χ4v) is 3.38. The van der Waals surface area contributed by atoms with Gasteiger partial charge in [-0.2, -0.15) is 18.3 Å². The van der Waals surface area contributed by atoms with E-state index in [4.69, 9.17) is 0 Å². The molecule has 0 aromatic carbocycles. The highest BCUT2D eigenvalue weighted by molar-refractivity contribution is 6.08. The molecule has 8 nitrogen and oxygen atoms in total. The highest BCUT2D eigenvalue weighted by Gasteiger charge is 2.46. The molecule has 3 aromatic rings. The Kier molecular flexibility index (Phi) is 4.36. The van der Waals surface area contributed by atoms with E-state index in [1.165, 1.54) is 40.3 Å². The van der Waals surface area contributed by atoms with E-state index >= 15 is 0 Å². The molecule has 1 amide bonds. The molecule has 11 heteroatoms. The van der Waals surface area contributed by atoms with Gasteiger partial charge in [0, 0.05) is 18.9 Å². The number of nitrogens with zero attached hydrogens (tertiary/aromatic N) is 6. The van der Waals surface area contributed by atoms with Gasteiger partial charge in [-0.05, 0) is 31.9 Å². The third kappa shape index (κ3) is 3.23. The number of fused-ring (bicyclic) bond motifs is 1. The predicted molar refractivity (Wildman–Crippen MR) is 94.1 cm³/mol. The average molecular weight is 391 g/mol. The molecule has 4 rings (SSSR count). The Hall–Kier alpha value is -3.24. The van der Waals surface area contributed by atoms with Gasteiger partial charge in [0.25, 0.3) is 5.91 Å². The zero-order valence-electron chi connectivity index (χ0n) is 14.8. The number of anilines is 2. The molecule has 1 atom stereocenters. The van der Waals surface area contributed by atoms with Gasteiger partial charge in [0.1, 0.15) is 29.6 Å². The van der Waals surface area contributed by atoms with Crippen molar-refractivity contribution in [3.05, 3.63) is 42.1 Å². The van der Waals surface area contributed by atoms with E-state index in [0.717, 1.165) is 0 Å². The molecule has 0 bridgehead atoms. The van der Waals surface area contributed by atoms with Crippen LogP contribution in [0.4, 0.5) is 24.8 Å². The summed E-state index contributed by atoms with van der Waals surface area (Å²) >= 11 is 0. The van der Waals surface area contributed by atoms with Crippen molar-refractivity contribution >= 4 is 23.2 Å². The summed E-state index contributed by atoms with van der Waals surface area (Å²) in [6.45, 7) is 1.89. The number of aromatic nitrogens is 5. The van der Waals surface area contributed by atoms with Crippen molar-refractivity contribution in [3.8, 4) is 0 Å². The Labute approximate surface area is 157 Å². The Morgan fingerprint density at radius 3 is 2.86 bits per heavy atom. The Morgan fingerprint density at radius 1 is 1.32 bits per heavy atom. The molecule has 4 heterocycles. The molecule has 1 N–H and O–H groups in total. The molecule has 146 valence electrons. The van der Waals surface area contributed by atoms with Crippen molar-refractivity contribution in [2.75, 3.05) is 16.8 Å². The van der Waals surface area contributed by atoms with Gasteiger partial charge in [-0.15, -0.1) is 0 Å². The Morgan fingerprint density at radius 2 is 2.14 bits per heavy atom. The lowest BCUT2D eigenvalue weighted by Crippen LogP contribution is -2.41. The highest BCUT2D eigenvalue weighted by Crippen LogP contribution is 2.35. The minimum Gasteiger partial charge on any atom is -0.344 e. The van der Waals surface area contributed by atoms with Gasteiger partial charge in [0.2, 0.25) is 0 Å². The molecule has 1 aliphatic heterocycles. The van der Waals surface area contributed by atoms with Crippen molar-refractivity contribution < 1.29 is 18.0 Å². The fraction of sp³-hybridized carbons (Fsp3) is 0.353. The molecule has 0 radical (unpaired) electrons. The van der Waals surface area contributed by atoms with Crippen molar-refractivity contribution in [2.24, 2.45) is 0 Å². The number of aryl methyl sites for hydroxylation is 1. The second-order valence-electron chi connectivity index (χ2n) is 6.46. The molecular formula is C17H16F3N7O. The largest absolute Gasteiger partial charge is 0.408 e. The van der Waals surface area contributed by atoms with E-state index in [2.05, 4.69) is 25.4 Å². The second-order valence-corrected chi connectivity index (χ2v) is 6.46. The van der Waals surface area contributed by atoms with E-state index in [1.807, 2.05) is 0 Å². The molecular weight excluding hydrogens is 375 g/mol. The summed E-state index contributed by atoms with van der Waals surface area (Å²) in [5, 5.41) is 6.85. The van der Waals surface area contributed by atoms with Crippen molar-refractivity contribution in [2.45, 2.75) is 32.0 Å². The van der Waals surface area contributed by atoms with Crippen LogP contribution in [0, 0.1) is 6.92 Å². The van der Waals surface area contributed by atoms with Crippen LogP contribution in [0.3, 0.4) is 0 Å². The summed E-state index contributed by atoms with van der Waals surface area (Å²) in [5.74, 6) is -0.0282. The van der Waals surface area contributed by atoms with E-state index in [-0.39, 0.29) is 30.0 Å². The standard InChI is InChI=1S/C17H16F3N7O/c1-10-14(16(28)23-12-4-6-21-9-22-12)15-24-13(5-8-27(15)25-10)26-7-2-3-11(26)17(18,19)20/h4-6,8-9,11H,2-3,7H2,1H3,(H,21,22,23,28)/t11-/m0/s1. The summed E-state index contributed by atoms with van der Waals surface area (Å²) in [6.07, 6.45) is 0.393. The second kappa shape index (κ2) is 6.73. The van der Waals surface area contributed by atoms with Gasteiger partial charge < -0.3 is 10.2 Å². The van der Waals surface area contributed by atoms with Gasteiger partial charge in [-0.3, -0.25) is 4.79 Å². The number of rotatable bonds is 3. The van der Waals surface area contributed by atoms with E-state index < -0.39 is 18.1 Å². The third-order valence-electron chi connectivity index (χ3n) is 4.62. The minimum atomic E-state index is -4.34. The molecule has 0 unspecified atom stereocenters. The number of hydrogen-bond donors (Lipinski definition) is 1. The molecule has 0 saturated carbocycles. The molecule has 1 aliphatic rings. The summed E-state index contributed by atoms with van der Waals surface area (Å²) < 4.78 is 41.3. The van der Waals surface area contributed by atoms with Crippen LogP contribution in [0.25, 0.3) is 5.65 Å². The zero-order chi connectivity index (χ0) is 19.9. The summed E-state index contributed by atoms with van der Waals surface area (Å²) in [4.78, 5) is 26.0. The normalized spacial score (nSPS) is 17.3. The van der Waals surface area contributed by atoms with Crippen molar-refractivity contribution in [1.82, 2.24) is 24.6 Å². The smallest absolute Gasteiger partial charge is 0.344 e. The van der Waals surface area contributed by atoms with Gasteiger partial charge in [-0.25, -0.2) is 19.5 Å². The lowest BCUT2D eigenvalue weighted by Gasteiger charge is -2.27. The first kappa shape index (κ1) is 18.1. The van der Waals surface area contributed by atoms with Crippen LogP contribution in [0.1, 0.15) is 28.9 Å². The number of hydrogen-bond acceptors (Lipinski definition) is 6. The van der Waals surface area contributed by atoms with E-state index in [0.29, 0.717) is 17.9 Å². The van der Waals surface area contributed by atoms with Crippen LogP contribution in [-0.4, -0.2) is 49.2 Å². The molecule has 0 aliphatic carbocycles. The zero-order valence-corrected chi connectivity index (χ0v) is 14.8. The lowest BCUT2D eigenvalue weighted by atomic mass is 10.2. The fourth-order valence-electron chi connectivity index (χ4n) is 3.38. The first-order valence-electron chi connectivity index (χ1n) is 8.61. The predicted octanol–water partition coefficient (Wildman–Crippen LogP) is 2.61. The van der Waals surface area contributed by atoms with Crippen LogP contribution in [0.2, 0.25) is 0 Å². The van der Waals surface area contributed by atoms with E-state index in [1.54, 1.807) is 6.92 Å². The topological polar surface area (TPSA) is 88.3 Å². The maximum absolute atomic E-state index is 13.3. The minimum absolute atomic E-state index is 0.0235. The maximum Gasteiger partial charge on any atom is 0.408 e. The van der Waals surface area contributed by atoms with Gasteiger partial charge in [0.05, 0.1) is 5.69 Å². The summed E-state index contributed by atoms with van der Waals surface area (Å²) in [7, 11) is 0. The number of carbonyl (C=O) groups excluding carboxylic acids is 1.